The number of sulfonamides is 1. The Bertz CT molecular complexity index is 2840. The second-order valence-electron chi connectivity index (χ2n) is 19.1. The predicted octanol–water partition coefficient (Wildman–Crippen LogP) is 8.31. The maximum absolute atomic E-state index is 15.1. The number of halogens is 3. The molecule has 0 aromatic heterocycles. The van der Waals surface area contributed by atoms with E-state index in [0.717, 1.165) is 37.8 Å². The number of sulfone groups is 1. The summed E-state index contributed by atoms with van der Waals surface area (Å²) < 4.78 is 101. The molecule has 0 aliphatic carbocycles. The number of nitrogens with zero attached hydrogens (tertiary/aromatic N) is 1. The van der Waals surface area contributed by atoms with Crippen LogP contribution < -0.4 is 31.2 Å². The van der Waals surface area contributed by atoms with E-state index in [9.17, 15) is 34.8 Å². The highest BCUT2D eigenvalue weighted by Crippen LogP contribution is 2.41. The molecule has 0 saturated carbocycles. The number of nitrogens with two attached hydrogens (primary N) is 1. The van der Waals surface area contributed by atoms with Crippen LogP contribution in [-0.2, 0) is 29.1 Å². The summed E-state index contributed by atoms with van der Waals surface area (Å²) >= 11 is 1.30. The number of alkyl halides is 3. The highest BCUT2D eigenvalue weighted by Gasteiger charge is 2.52. The minimum absolute atomic E-state index is 0.0877. The molecule has 0 saturated heterocycles. The van der Waals surface area contributed by atoms with Gasteiger partial charge in [0.25, 0.3) is 26.5 Å². The molecule has 0 spiro atoms. The van der Waals surface area contributed by atoms with E-state index < -0.39 is 68.6 Å². The normalized spacial score (nSPS) is 13.4. The average molecular weight is 1060 g/mol. The number of nitrogens with one attached hydrogen (secondary N) is 1. The van der Waals surface area contributed by atoms with Gasteiger partial charge in [-0.25, -0.2) is 22.0 Å². The van der Waals surface area contributed by atoms with Gasteiger partial charge < -0.3 is 19.4 Å². The number of thioether (sulfide) groups is 1. The predicted molar refractivity (Wildman–Crippen MR) is 284 cm³/mol. The number of hydrogen-bond acceptors (Lipinski definition) is 9. The Hall–Kier alpha value is -5.06. The molecule has 0 radical (unpaired) electrons. The fourth-order valence-electron chi connectivity index (χ4n) is 9.20. The quantitative estimate of drug-likeness (QED) is 0.0450. The number of benzene rings is 6. The van der Waals surface area contributed by atoms with Crippen LogP contribution in [0.3, 0.4) is 0 Å². The van der Waals surface area contributed by atoms with Crippen molar-refractivity contribution in [2.45, 2.75) is 90.2 Å². The molecule has 378 valence electrons. The molecule has 1 amide bonds. The van der Waals surface area contributed by atoms with Crippen LogP contribution in [0.25, 0.3) is 0 Å². The van der Waals surface area contributed by atoms with Crippen LogP contribution in [-0.4, -0.2) is 86.1 Å². The first-order valence-corrected chi connectivity index (χ1v) is 31.1. The Kier molecular flexibility index (Phi) is 17.7. The van der Waals surface area contributed by atoms with E-state index in [1.165, 1.54) is 11.8 Å². The van der Waals surface area contributed by atoms with Gasteiger partial charge in [0.1, 0.15) is 4.90 Å². The van der Waals surface area contributed by atoms with E-state index in [0.29, 0.717) is 18.9 Å². The van der Waals surface area contributed by atoms with E-state index in [1.54, 1.807) is 4.90 Å². The molecule has 71 heavy (non-hydrogen) atoms. The topological polar surface area (TPSA) is 156 Å². The van der Waals surface area contributed by atoms with Crippen molar-refractivity contribution in [1.29, 1.82) is 0 Å². The smallest absolute Gasteiger partial charge is 0.424 e. The molecule has 6 aromatic rings. The van der Waals surface area contributed by atoms with Crippen molar-refractivity contribution < 1.29 is 44.0 Å². The summed E-state index contributed by atoms with van der Waals surface area (Å²) in [7, 11) is -17.3. The molecule has 18 heteroatoms. The maximum Gasteiger partial charge on any atom is 0.501 e. The highest BCUT2D eigenvalue weighted by molar-refractivity contribution is 7.99. The molecule has 0 aliphatic heterocycles. The van der Waals surface area contributed by atoms with E-state index in [4.69, 9.17) is 9.56 Å². The van der Waals surface area contributed by atoms with Crippen molar-refractivity contribution in [2.24, 2.45) is 5.14 Å². The van der Waals surface area contributed by atoms with Gasteiger partial charge in [0, 0.05) is 36.2 Å². The zero-order valence-electron chi connectivity index (χ0n) is 40.5. The molecule has 0 unspecified atom stereocenters. The van der Waals surface area contributed by atoms with E-state index in [1.807, 2.05) is 141 Å². The third kappa shape index (κ3) is 12.8. The van der Waals surface area contributed by atoms with Gasteiger partial charge in [-0.05, 0) is 74.0 Å². The Morgan fingerprint density at radius 3 is 1.62 bits per heavy atom. The molecular formula is C53H62F3N3O7S3Si2. The minimum atomic E-state index is -6.12. The summed E-state index contributed by atoms with van der Waals surface area (Å²) in [5, 5.41) is 10.9. The minimum Gasteiger partial charge on any atom is -0.424 e. The number of rotatable bonds is 22. The lowest BCUT2D eigenvalue weighted by Gasteiger charge is -2.43. The Labute approximate surface area is 423 Å². The van der Waals surface area contributed by atoms with Crippen LogP contribution in [0.2, 0.25) is 10.1 Å². The molecule has 0 heterocycles. The first kappa shape index (κ1) is 55.3. The van der Waals surface area contributed by atoms with Crippen LogP contribution >= 0.6 is 11.8 Å². The lowest BCUT2D eigenvalue weighted by atomic mass is 10.1. The largest absolute Gasteiger partial charge is 0.501 e. The number of carbonyl (C=O) groups excluding carboxylic acids is 1. The van der Waals surface area contributed by atoms with Crippen LogP contribution in [0.4, 0.5) is 18.9 Å². The summed E-state index contributed by atoms with van der Waals surface area (Å²) in [5.74, 6) is -0.301. The van der Waals surface area contributed by atoms with E-state index in [-0.39, 0.29) is 42.8 Å². The van der Waals surface area contributed by atoms with Crippen LogP contribution in [0.1, 0.15) is 53.9 Å². The molecular weight excluding hydrogens is 1000 g/mol. The van der Waals surface area contributed by atoms with Gasteiger partial charge in [-0.15, -0.1) is 11.8 Å². The fourth-order valence-corrected chi connectivity index (χ4v) is 20.0. The van der Waals surface area contributed by atoms with Gasteiger partial charge >= 0.3 is 5.51 Å². The number of primary sulfonamides is 1. The van der Waals surface area contributed by atoms with Crippen LogP contribution in [0, 0.1) is 0 Å². The van der Waals surface area contributed by atoms with Gasteiger partial charge in [-0.3, -0.25) is 4.79 Å². The summed E-state index contributed by atoms with van der Waals surface area (Å²) in [4.78, 5) is 28.3. The van der Waals surface area contributed by atoms with Gasteiger partial charge in [0.15, 0.2) is 0 Å². The summed E-state index contributed by atoms with van der Waals surface area (Å²) in [6.07, 6.45) is 0.643. The third-order valence-electron chi connectivity index (χ3n) is 12.9. The fraction of sp³-hybridized carbons (Fsp3) is 0.302. The summed E-state index contributed by atoms with van der Waals surface area (Å²) in [6, 6.07) is 49.7. The number of carbonyl (C=O) groups is 1. The van der Waals surface area contributed by atoms with E-state index >= 15 is 4.79 Å². The molecule has 10 nitrogen and oxygen atoms in total. The third-order valence-corrected chi connectivity index (χ3v) is 26.1. The van der Waals surface area contributed by atoms with Crippen molar-refractivity contribution in [1.82, 2.24) is 4.90 Å². The maximum atomic E-state index is 15.1. The van der Waals surface area contributed by atoms with Crippen molar-refractivity contribution in [3.8, 4) is 0 Å². The van der Waals surface area contributed by atoms with Gasteiger partial charge in [0.2, 0.25) is 15.9 Å². The molecule has 1 atom stereocenters. The second kappa shape index (κ2) is 22.8. The molecule has 4 N–H and O–H groups in total. The van der Waals surface area contributed by atoms with E-state index in [2.05, 4.69) is 50.4 Å². The summed E-state index contributed by atoms with van der Waals surface area (Å²) in [5.41, 5.74) is -6.34. The standard InChI is InChI=1S/C53H62F3N3O7S3Si2/c1-51(2,3)71(46-28-17-9-18-29-46,47-30-19-10-20-31-47)66-37-36-59(35-21-34-52(4,5)70(65,44-24-13-7-14-25-44)45-26-15-8-16-27-45)50(60)38-41(40-67-42-22-11-6-12-23-42)58-48-33-32-43(69(57,63)64)39-49(48)68(61,62)53(54,55)56/h6-20,22-33,39,41,58,65H,21,34-38,40H2,1-5H3,(H2,57,63,64)/t41-/m1/s1. The van der Waals surface area contributed by atoms with Crippen LogP contribution in [0.15, 0.2) is 185 Å². The molecule has 6 rings (SSSR count). The zero-order chi connectivity index (χ0) is 51.7. The van der Waals surface area contributed by atoms with Crippen molar-refractivity contribution in [3.63, 3.8) is 0 Å². The summed E-state index contributed by atoms with van der Waals surface area (Å²) in [6.45, 7) is 11.0. The number of anilines is 1. The molecule has 0 aliphatic rings. The second-order valence-corrected chi connectivity index (χ2v) is 31.9. The average Bonchev–Trinajstić information content (AvgIpc) is 3.34. The van der Waals surface area contributed by atoms with Crippen molar-refractivity contribution in [3.05, 3.63) is 170 Å². The van der Waals surface area contributed by atoms with Gasteiger partial charge in [-0.1, -0.05) is 174 Å². The molecule has 0 fully saturated rings. The first-order valence-electron chi connectivity index (χ1n) is 23.2. The highest BCUT2D eigenvalue weighted by atomic mass is 32.2. The zero-order valence-corrected chi connectivity index (χ0v) is 44.9. The Morgan fingerprint density at radius 2 is 1.17 bits per heavy atom. The van der Waals surface area contributed by atoms with Gasteiger partial charge in [0.05, 0.1) is 17.2 Å². The van der Waals surface area contributed by atoms with Crippen LogP contribution in [0.5, 0.6) is 0 Å². The molecule has 0 bridgehead atoms. The van der Waals surface area contributed by atoms with Crippen molar-refractivity contribution >= 4 is 80.6 Å². The number of amides is 1. The lowest BCUT2D eigenvalue weighted by Crippen LogP contribution is -2.67. The molecule has 6 aromatic carbocycles. The van der Waals surface area contributed by atoms with Crippen molar-refractivity contribution in [2.75, 3.05) is 30.8 Å². The van der Waals surface area contributed by atoms with Gasteiger partial charge in [-0.2, -0.15) is 13.2 Å². The Morgan fingerprint density at radius 1 is 0.704 bits per heavy atom. The first-order chi connectivity index (χ1) is 33.4. The monoisotopic (exact) mass is 1060 g/mol. The Balaban J connectivity index is 1.38. The lowest BCUT2D eigenvalue weighted by molar-refractivity contribution is -0.131. The SMILES string of the molecule is CC(C)(CCCN(CCO[Si](c1ccccc1)(c1ccccc1)C(C)(C)C)C(=O)C[C@H](CSc1ccccc1)Nc1ccc(S(N)(=O)=O)cc1S(=O)(=O)C(F)(F)F)[Si](O)(c1ccccc1)c1ccccc1. The number of hydrogen-bond donors (Lipinski definition) is 3.